The van der Waals surface area contributed by atoms with E-state index in [2.05, 4.69) is 10.0 Å². The predicted octanol–water partition coefficient (Wildman–Crippen LogP) is 4.18. The molecule has 0 fully saturated rings. The number of benzene rings is 3. The Kier molecular flexibility index (Phi) is 7.28. The van der Waals surface area contributed by atoms with E-state index in [0.717, 1.165) is 0 Å². The van der Waals surface area contributed by atoms with E-state index in [1.165, 1.54) is 24.3 Å². The molecule has 2 N–H and O–H groups in total. The van der Waals surface area contributed by atoms with Crippen molar-refractivity contribution in [1.29, 1.82) is 0 Å². The van der Waals surface area contributed by atoms with Gasteiger partial charge in [0.05, 0.1) is 10.6 Å². The second-order valence-electron chi connectivity index (χ2n) is 7.00. The van der Waals surface area contributed by atoms with Gasteiger partial charge in [0.2, 0.25) is 10.0 Å². The van der Waals surface area contributed by atoms with Crippen molar-refractivity contribution in [3.8, 4) is 17.2 Å². The van der Waals surface area contributed by atoms with E-state index < -0.39 is 10.0 Å². The van der Waals surface area contributed by atoms with Gasteiger partial charge < -0.3 is 14.8 Å². The van der Waals surface area contributed by atoms with Gasteiger partial charge in [-0.1, -0.05) is 30.3 Å². The fourth-order valence-electron chi connectivity index (χ4n) is 2.70. The number of para-hydroxylation sites is 3. The van der Waals surface area contributed by atoms with Crippen molar-refractivity contribution < 1.29 is 22.7 Å². The first-order valence-electron chi connectivity index (χ1n) is 9.70. The highest BCUT2D eigenvalue weighted by Gasteiger charge is 2.15. The topological polar surface area (TPSA) is 93.7 Å². The first-order chi connectivity index (χ1) is 14.8. The van der Waals surface area contributed by atoms with Gasteiger partial charge in [-0.25, -0.2) is 13.1 Å². The number of rotatable bonds is 9. The van der Waals surface area contributed by atoms with Crippen molar-refractivity contribution in [2.24, 2.45) is 0 Å². The van der Waals surface area contributed by atoms with E-state index in [-0.39, 0.29) is 23.5 Å². The molecule has 162 valence electrons. The molecule has 0 aliphatic carbocycles. The zero-order valence-electron chi connectivity index (χ0n) is 17.2. The molecule has 0 saturated carbocycles. The Bertz CT molecular complexity index is 1110. The van der Waals surface area contributed by atoms with Gasteiger partial charge in [0.1, 0.15) is 11.5 Å². The van der Waals surface area contributed by atoms with E-state index in [0.29, 0.717) is 22.9 Å². The zero-order chi connectivity index (χ0) is 22.3. The summed E-state index contributed by atoms with van der Waals surface area (Å²) < 4.78 is 38.1. The molecular weight excluding hydrogens is 416 g/mol. The van der Waals surface area contributed by atoms with Crippen molar-refractivity contribution in [2.45, 2.75) is 24.8 Å². The molecule has 31 heavy (non-hydrogen) atoms. The molecule has 0 saturated heterocycles. The normalized spacial score (nSPS) is 11.2. The maximum atomic E-state index is 12.3. The van der Waals surface area contributed by atoms with Gasteiger partial charge in [0, 0.05) is 6.04 Å². The van der Waals surface area contributed by atoms with Crippen LogP contribution in [0.2, 0.25) is 0 Å². The molecule has 7 nitrogen and oxygen atoms in total. The third-order valence-electron chi connectivity index (χ3n) is 4.03. The lowest BCUT2D eigenvalue weighted by Gasteiger charge is -2.13. The average molecular weight is 441 g/mol. The molecule has 1 amide bonds. The summed E-state index contributed by atoms with van der Waals surface area (Å²) in [7, 11) is -3.58. The quantitative estimate of drug-likeness (QED) is 0.521. The Hall–Kier alpha value is -3.36. The molecule has 0 aliphatic heterocycles. The Balaban J connectivity index is 1.59. The number of anilines is 1. The molecule has 0 aliphatic rings. The summed E-state index contributed by atoms with van der Waals surface area (Å²) in [5.41, 5.74) is 0.515. The summed E-state index contributed by atoms with van der Waals surface area (Å²) in [6, 6.07) is 22.0. The van der Waals surface area contributed by atoms with Gasteiger partial charge >= 0.3 is 0 Å². The lowest BCUT2D eigenvalue weighted by Crippen LogP contribution is -2.30. The Labute approximate surface area is 182 Å². The number of sulfonamides is 1. The molecule has 0 unspecified atom stereocenters. The summed E-state index contributed by atoms with van der Waals surface area (Å²) in [6.45, 7) is 3.25. The molecule has 0 atom stereocenters. The van der Waals surface area contributed by atoms with Gasteiger partial charge in [-0.05, 0) is 62.4 Å². The number of hydrogen-bond acceptors (Lipinski definition) is 5. The fraction of sp³-hybridized carbons (Fsp3) is 0.174. The molecule has 3 rings (SSSR count). The lowest BCUT2D eigenvalue weighted by atomic mass is 10.3. The summed E-state index contributed by atoms with van der Waals surface area (Å²) in [6.07, 6.45) is 0. The Morgan fingerprint density at radius 2 is 1.52 bits per heavy atom. The summed E-state index contributed by atoms with van der Waals surface area (Å²) in [5, 5.41) is 2.76. The fourth-order valence-corrected chi connectivity index (χ4v) is 3.95. The maximum absolute atomic E-state index is 12.3. The van der Waals surface area contributed by atoms with Crippen molar-refractivity contribution in [1.82, 2.24) is 4.72 Å². The largest absolute Gasteiger partial charge is 0.484 e. The highest BCUT2D eigenvalue weighted by molar-refractivity contribution is 7.89. The van der Waals surface area contributed by atoms with Gasteiger partial charge in [-0.2, -0.15) is 0 Å². The van der Waals surface area contributed by atoms with Crippen LogP contribution in [-0.4, -0.2) is 27.0 Å². The standard InChI is InChI=1S/C23H24N2O5S/c1-17(2)25-31(27,28)20-14-12-18(13-15-20)29-16-23(26)24-21-10-6-7-11-22(21)30-19-8-4-3-5-9-19/h3-15,17,25H,16H2,1-2H3,(H,24,26). The van der Waals surface area contributed by atoms with Crippen LogP contribution in [0.5, 0.6) is 17.2 Å². The predicted molar refractivity (Wildman–Crippen MR) is 119 cm³/mol. The Morgan fingerprint density at radius 3 is 2.19 bits per heavy atom. The molecule has 0 heterocycles. The van der Waals surface area contributed by atoms with Crippen molar-refractivity contribution in [3.05, 3.63) is 78.9 Å². The van der Waals surface area contributed by atoms with Crippen LogP contribution in [0.1, 0.15) is 13.8 Å². The number of carbonyl (C=O) groups is 1. The van der Waals surface area contributed by atoms with Crippen LogP contribution in [0, 0.1) is 0 Å². The van der Waals surface area contributed by atoms with E-state index in [9.17, 15) is 13.2 Å². The smallest absolute Gasteiger partial charge is 0.262 e. The van der Waals surface area contributed by atoms with Gasteiger partial charge in [0.25, 0.3) is 5.91 Å². The molecule has 3 aromatic rings. The van der Waals surface area contributed by atoms with Crippen molar-refractivity contribution in [3.63, 3.8) is 0 Å². The van der Waals surface area contributed by atoms with E-state index in [4.69, 9.17) is 9.47 Å². The minimum absolute atomic E-state index is 0.130. The second-order valence-corrected chi connectivity index (χ2v) is 8.71. The van der Waals surface area contributed by atoms with Crippen LogP contribution in [0.3, 0.4) is 0 Å². The van der Waals surface area contributed by atoms with Crippen molar-refractivity contribution >= 4 is 21.6 Å². The average Bonchev–Trinajstić information content (AvgIpc) is 2.74. The number of hydrogen-bond donors (Lipinski definition) is 2. The van der Waals surface area contributed by atoms with Crippen LogP contribution in [-0.2, 0) is 14.8 Å². The van der Waals surface area contributed by atoms with E-state index >= 15 is 0 Å². The van der Waals surface area contributed by atoms with E-state index in [1.54, 1.807) is 32.0 Å². The summed E-state index contributed by atoms with van der Waals surface area (Å²) >= 11 is 0. The monoisotopic (exact) mass is 440 g/mol. The molecule has 0 spiro atoms. The maximum Gasteiger partial charge on any atom is 0.262 e. The number of nitrogens with one attached hydrogen (secondary N) is 2. The lowest BCUT2D eigenvalue weighted by molar-refractivity contribution is -0.118. The SMILES string of the molecule is CC(C)NS(=O)(=O)c1ccc(OCC(=O)Nc2ccccc2Oc2ccccc2)cc1. The zero-order valence-corrected chi connectivity index (χ0v) is 18.1. The van der Waals surface area contributed by atoms with Crippen LogP contribution in [0.25, 0.3) is 0 Å². The number of ether oxygens (including phenoxy) is 2. The number of carbonyl (C=O) groups excluding carboxylic acids is 1. The Morgan fingerprint density at radius 1 is 0.871 bits per heavy atom. The molecule has 0 bridgehead atoms. The van der Waals surface area contributed by atoms with Gasteiger partial charge in [-0.15, -0.1) is 0 Å². The molecule has 8 heteroatoms. The first kappa shape index (κ1) is 22.3. The summed E-state index contributed by atoms with van der Waals surface area (Å²) in [4.78, 5) is 12.5. The first-order valence-corrected chi connectivity index (χ1v) is 11.2. The highest BCUT2D eigenvalue weighted by atomic mass is 32.2. The number of amides is 1. The molecule has 3 aromatic carbocycles. The van der Waals surface area contributed by atoms with Crippen LogP contribution in [0.4, 0.5) is 5.69 Å². The minimum Gasteiger partial charge on any atom is -0.484 e. The van der Waals surface area contributed by atoms with E-state index in [1.807, 2.05) is 36.4 Å². The van der Waals surface area contributed by atoms with Crippen molar-refractivity contribution in [2.75, 3.05) is 11.9 Å². The molecule has 0 aromatic heterocycles. The molecular formula is C23H24N2O5S. The van der Waals surface area contributed by atoms with Crippen LogP contribution >= 0.6 is 0 Å². The minimum atomic E-state index is -3.58. The summed E-state index contributed by atoms with van der Waals surface area (Å²) in [5.74, 6) is 1.17. The third-order valence-corrected chi connectivity index (χ3v) is 5.70. The van der Waals surface area contributed by atoms with Gasteiger partial charge in [-0.3, -0.25) is 4.79 Å². The second kappa shape index (κ2) is 10.1. The molecule has 0 radical (unpaired) electrons. The van der Waals surface area contributed by atoms with Crippen LogP contribution in [0.15, 0.2) is 83.8 Å². The highest BCUT2D eigenvalue weighted by Crippen LogP contribution is 2.29. The van der Waals surface area contributed by atoms with Gasteiger partial charge in [0.15, 0.2) is 12.4 Å². The third kappa shape index (κ3) is 6.56. The van der Waals surface area contributed by atoms with Crippen LogP contribution < -0.4 is 19.5 Å².